The predicted octanol–water partition coefficient (Wildman–Crippen LogP) is 2.42. The minimum atomic E-state index is 0.572. The number of hydrogen-bond donors (Lipinski definition) is 1. The van der Waals surface area contributed by atoms with E-state index in [9.17, 15) is 0 Å². The molecule has 0 bridgehead atoms. The summed E-state index contributed by atoms with van der Waals surface area (Å²) < 4.78 is 4.17. The van der Waals surface area contributed by atoms with E-state index in [0.29, 0.717) is 11.9 Å². The van der Waals surface area contributed by atoms with Crippen molar-refractivity contribution in [1.29, 1.82) is 0 Å². The van der Waals surface area contributed by atoms with Crippen molar-refractivity contribution in [3.8, 4) is 11.4 Å². The van der Waals surface area contributed by atoms with Crippen LogP contribution in [0.5, 0.6) is 0 Å². The second-order valence-electron chi connectivity index (χ2n) is 5.12. The Balaban J connectivity index is 1.98. The molecule has 1 fully saturated rings. The van der Waals surface area contributed by atoms with E-state index >= 15 is 0 Å². The second-order valence-corrected chi connectivity index (χ2v) is 5.12. The lowest BCUT2D eigenvalue weighted by Crippen LogP contribution is -2.00. The zero-order valence-corrected chi connectivity index (χ0v) is 10.7. The third-order valence-corrected chi connectivity index (χ3v) is 3.72. The highest BCUT2D eigenvalue weighted by Gasteiger charge is 2.27. The Morgan fingerprint density at radius 1 is 1.32 bits per heavy atom. The molecule has 3 aromatic rings. The van der Waals surface area contributed by atoms with Crippen LogP contribution in [0.1, 0.15) is 24.6 Å². The predicted molar refractivity (Wildman–Crippen MR) is 73.8 cm³/mol. The molecule has 96 valence electrons. The van der Waals surface area contributed by atoms with Crippen LogP contribution in [0.2, 0.25) is 0 Å². The molecule has 5 heteroatoms. The number of hydrogen-bond acceptors (Lipinski definition) is 3. The lowest BCUT2D eigenvalue weighted by molar-refractivity contribution is 0.746. The molecule has 1 saturated carbocycles. The molecule has 2 N–H and O–H groups in total. The Hall–Kier alpha value is -2.30. The van der Waals surface area contributed by atoms with Crippen molar-refractivity contribution in [2.75, 3.05) is 5.73 Å². The van der Waals surface area contributed by atoms with Gasteiger partial charge < -0.3 is 10.3 Å². The zero-order chi connectivity index (χ0) is 13.0. The number of imidazole rings is 2. The summed E-state index contributed by atoms with van der Waals surface area (Å²) >= 11 is 0. The highest BCUT2D eigenvalue weighted by Crippen LogP contribution is 2.39. The third kappa shape index (κ3) is 1.47. The van der Waals surface area contributed by atoms with E-state index in [1.165, 1.54) is 12.8 Å². The summed E-state index contributed by atoms with van der Waals surface area (Å²) in [5.41, 5.74) is 10.1. The van der Waals surface area contributed by atoms with Gasteiger partial charge in [0.2, 0.25) is 0 Å². The summed E-state index contributed by atoms with van der Waals surface area (Å²) in [5, 5.41) is 0. The van der Waals surface area contributed by atoms with Crippen LogP contribution in [-0.4, -0.2) is 18.9 Å². The van der Waals surface area contributed by atoms with Crippen LogP contribution in [0.15, 0.2) is 30.7 Å². The highest BCUT2D eigenvalue weighted by atomic mass is 15.1. The monoisotopic (exact) mass is 253 g/mol. The number of aryl methyl sites for hydroxylation is 1. The van der Waals surface area contributed by atoms with Gasteiger partial charge in [0.05, 0.1) is 18.2 Å². The molecule has 0 atom stereocenters. The molecule has 0 spiro atoms. The Morgan fingerprint density at radius 2 is 2.16 bits per heavy atom. The number of pyridine rings is 1. The lowest BCUT2D eigenvalue weighted by atomic mass is 10.3. The average Bonchev–Trinajstić information content (AvgIpc) is 3.03. The highest BCUT2D eigenvalue weighted by molar-refractivity contribution is 5.73. The van der Waals surface area contributed by atoms with Gasteiger partial charge in [-0.15, -0.1) is 0 Å². The van der Waals surface area contributed by atoms with E-state index < -0.39 is 0 Å². The van der Waals surface area contributed by atoms with Crippen LogP contribution >= 0.6 is 0 Å². The van der Waals surface area contributed by atoms with Gasteiger partial charge in [0.1, 0.15) is 17.2 Å². The minimum Gasteiger partial charge on any atom is -0.383 e. The van der Waals surface area contributed by atoms with Gasteiger partial charge in [-0.05, 0) is 31.9 Å². The number of nitrogen functional groups attached to an aromatic ring is 1. The number of aromatic nitrogens is 4. The van der Waals surface area contributed by atoms with Crippen LogP contribution in [0, 0.1) is 6.92 Å². The van der Waals surface area contributed by atoms with Gasteiger partial charge in [0.15, 0.2) is 0 Å². The largest absolute Gasteiger partial charge is 0.383 e. The first kappa shape index (κ1) is 10.6. The summed E-state index contributed by atoms with van der Waals surface area (Å²) in [4.78, 5) is 8.92. The quantitative estimate of drug-likeness (QED) is 0.763. The Morgan fingerprint density at radius 3 is 2.89 bits per heavy atom. The average molecular weight is 253 g/mol. The maximum atomic E-state index is 6.28. The Bertz CT molecular complexity index is 763. The van der Waals surface area contributed by atoms with Crippen LogP contribution < -0.4 is 5.73 Å². The Labute approximate surface area is 110 Å². The van der Waals surface area contributed by atoms with Crippen LogP contribution in [-0.2, 0) is 0 Å². The van der Waals surface area contributed by atoms with Gasteiger partial charge in [-0.25, -0.2) is 9.97 Å². The fraction of sp³-hybridized carbons (Fsp3) is 0.286. The number of rotatable bonds is 2. The molecule has 19 heavy (non-hydrogen) atoms. The first-order chi connectivity index (χ1) is 9.25. The first-order valence-corrected chi connectivity index (χ1v) is 6.51. The van der Waals surface area contributed by atoms with Crippen molar-refractivity contribution in [3.05, 3.63) is 36.4 Å². The van der Waals surface area contributed by atoms with E-state index in [2.05, 4.69) is 14.5 Å². The van der Waals surface area contributed by atoms with Crippen LogP contribution in [0.4, 0.5) is 5.82 Å². The molecule has 0 aliphatic heterocycles. The third-order valence-electron chi connectivity index (χ3n) is 3.72. The van der Waals surface area contributed by atoms with E-state index in [1.807, 2.05) is 42.0 Å². The molecular weight excluding hydrogens is 238 g/mol. The maximum Gasteiger partial charge on any atom is 0.139 e. The summed E-state index contributed by atoms with van der Waals surface area (Å²) in [7, 11) is 0. The number of anilines is 1. The Kier molecular flexibility index (Phi) is 2.01. The maximum absolute atomic E-state index is 6.28. The molecule has 3 aromatic heterocycles. The van der Waals surface area contributed by atoms with Crippen molar-refractivity contribution in [1.82, 2.24) is 18.9 Å². The standard InChI is InChI=1S/C14H15N5/c1-9-3-2-4-12-17-13(14(15)19(9)12)11-7-16-8-18(11)10-5-6-10/h2-4,7-8,10H,5-6,15H2,1H3. The van der Waals surface area contributed by atoms with Gasteiger partial charge in [0.25, 0.3) is 0 Å². The molecule has 0 saturated heterocycles. The number of nitrogens with two attached hydrogens (primary N) is 1. The smallest absolute Gasteiger partial charge is 0.139 e. The molecule has 5 nitrogen and oxygen atoms in total. The second kappa shape index (κ2) is 3.60. The minimum absolute atomic E-state index is 0.572. The molecule has 0 radical (unpaired) electrons. The molecule has 0 aromatic carbocycles. The van der Waals surface area contributed by atoms with Crippen molar-refractivity contribution < 1.29 is 0 Å². The van der Waals surface area contributed by atoms with Crippen molar-refractivity contribution in [2.24, 2.45) is 0 Å². The molecular formula is C14H15N5. The van der Waals surface area contributed by atoms with Gasteiger partial charge in [0, 0.05) is 11.7 Å². The molecule has 3 heterocycles. The van der Waals surface area contributed by atoms with Crippen molar-refractivity contribution in [3.63, 3.8) is 0 Å². The zero-order valence-electron chi connectivity index (χ0n) is 10.7. The van der Waals surface area contributed by atoms with E-state index in [4.69, 9.17) is 5.73 Å². The lowest BCUT2D eigenvalue weighted by Gasteiger charge is -2.05. The topological polar surface area (TPSA) is 61.1 Å². The van der Waals surface area contributed by atoms with E-state index in [-0.39, 0.29) is 0 Å². The van der Waals surface area contributed by atoms with Gasteiger partial charge >= 0.3 is 0 Å². The molecule has 4 rings (SSSR count). The van der Waals surface area contributed by atoms with Gasteiger partial charge in [-0.2, -0.15) is 0 Å². The van der Waals surface area contributed by atoms with Crippen LogP contribution in [0.25, 0.3) is 17.0 Å². The van der Waals surface area contributed by atoms with Crippen molar-refractivity contribution >= 4 is 11.5 Å². The first-order valence-electron chi connectivity index (χ1n) is 6.51. The molecule has 0 amide bonds. The molecule has 1 aliphatic rings. The number of nitrogens with zero attached hydrogens (tertiary/aromatic N) is 4. The summed E-state index contributed by atoms with van der Waals surface area (Å²) in [5.74, 6) is 0.690. The van der Waals surface area contributed by atoms with Gasteiger partial charge in [-0.3, -0.25) is 4.40 Å². The molecule has 1 aliphatic carbocycles. The van der Waals surface area contributed by atoms with E-state index in [0.717, 1.165) is 22.7 Å². The summed E-state index contributed by atoms with van der Waals surface area (Å²) in [6, 6.07) is 6.58. The van der Waals surface area contributed by atoms with E-state index in [1.54, 1.807) is 0 Å². The van der Waals surface area contributed by atoms with Crippen molar-refractivity contribution in [2.45, 2.75) is 25.8 Å². The summed E-state index contributed by atoms with van der Waals surface area (Å²) in [6.45, 7) is 2.03. The fourth-order valence-electron chi connectivity index (χ4n) is 2.60. The van der Waals surface area contributed by atoms with Gasteiger partial charge in [-0.1, -0.05) is 6.07 Å². The molecule has 0 unspecified atom stereocenters. The normalized spacial score (nSPS) is 15.2. The van der Waals surface area contributed by atoms with Crippen LogP contribution in [0.3, 0.4) is 0 Å². The fourth-order valence-corrected chi connectivity index (χ4v) is 2.60. The number of fused-ring (bicyclic) bond motifs is 1. The summed E-state index contributed by atoms with van der Waals surface area (Å²) in [6.07, 6.45) is 6.17. The SMILES string of the molecule is Cc1cccc2nc(-c3cncn3C3CC3)c(N)n12.